The van der Waals surface area contributed by atoms with Crippen LogP contribution >= 0.6 is 34.4 Å². The number of hydrogen-bond donors (Lipinski definition) is 1. The summed E-state index contributed by atoms with van der Waals surface area (Å²) in [6.07, 6.45) is 0. The molecule has 92 valence electrons. The third kappa shape index (κ3) is 3.26. The monoisotopic (exact) mass is 370 g/mol. The number of rotatable bonds is 3. The van der Waals surface area contributed by atoms with Gasteiger partial charge in [0.05, 0.1) is 5.56 Å². The second kappa shape index (κ2) is 5.75. The zero-order chi connectivity index (χ0) is 13.1. The highest BCUT2D eigenvalue weighted by Gasteiger charge is 2.06. The number of hydrogen-bond acceptors (Lipinski definition) is 2. The second-order valence-corrected chi connectivity index (χ2v) is 6.20. The molecule has 0 saturated carbocycles. The second-order valence-electron chi connectivity index (χ2n) is 3.84. The van der Waals surface area contributed by atoms with Crippen molar-refractivity contribution in [1.29, 1.82) is 0 Å². The fraction of sp³-hybridized carbons (Fsp3) is 0.0714. The van der Waals surface area contributed by atoms with Gasteiger partial charge in [0.25, 0.3) is 0 Å². The molecule has 2 rings (SSSR count). The summed E-state index contributed by atoms with van der Waals surface area (Å²) in [5, 5.41) is 8.91. The van der Waals surface area contributed by atoms with Gasteiger partial charge in [-0.1, -0.05) is 11.8 Å². The van der Waals surface area contributed by atoms with Crippen LogP contribution in [-0.2, 0) is 0 Å². The summed E-state index contributed by atoms with van der Waals surface area (Å²) >= 11 is 3.92. The first-order valence-electron chi connectivity index (χ1n) is 5.33. The summed E-state index contributed by atoms with van der Waals surface area (Å²) in [4.78, 5) is 13.1. The third-order valence-electron chi connectivity index (χ3n) is 2.46. The fourth-order valence-electron chi connectivity index (χ4n) is 1.53. The van der Waals surface area contributed by atoms with Gasteiger partial charge in [-0.25, -0.2) is 4.79 Å². The summed E-state index contributed by atoms with van der Waals surface area (Å²) in [7, 11) is 0. The molecule has 0 aliphatic carbocycles. The van der Waals surface area contributed by atoms with E-state index in [4.69, 9.17) is 5.11 Å². The Hall–Kier alpha value is -1.01. The van der Waals surface area contributed by atoms with Crippen LogP contribution in [0.3, 0.4) is 0 Å². The van der Waals surface area contributed by atoms with Crippen LogP contribution in [-0.4, -0.2) is 11.1 Å². The number of carboxylic acid groups (broad SMARTS) is 1. The summed E-state index contributed by atoms with van der Waals surface area (Å²) in [5.74, 6) is -0.885. The van der Waals surface area contributed by atoms with Crippen molar-refractivity contribution in [2.45, 2.75) is 16.7 Å². The highest BCUT2D eigenvalue weighted by molar-refractivity contribution is 14.1. The lowest BCUT2D eigenvalue weighted by molar-refractivity contribution is 0.0696. The van der Waals surface area contributed by atoms with Gasteiger partial charge in [-0.2, -0.15) is 0 Å². The molecule has 2 aromatic rings. The molecule has 0 unspecified atom stereocenters. The van der Waals surface area contributed by atoms with E-state index in [1.165, 1.54) is 3.57 Å². The average Bonchev–Trinajstić information content (AvgIpc) is 2.34. The molecule has 0 saturated heterocycles. The fourth-order valence-corrected chi connectivity index (χ4v) is 2.77. The molecule has 0 fully saturated rings. The number of benzene rings is 2. The molecule has 0 atom stereocenters. The molecule has 0 heterocycles. The van der Waals surface area contributed by atoms with Crippen LogP contribution in [0.25, 0.3) is 0 Å². The summed E-state index contributed by atoms with van der Waals surface area (Å²) in [5.41, 5.74) is 1.32. The van der Waals surface area contributed by atoms with E-state index in [1.54, 1.807) is 23.9 Å². The van der Waals surface area contributed by atoms with Gasteiger partial charge in [0.1, 0.15) is 0 Å². The maximum absolute atomic E-state index is 10.9. The van der Waals surface area contributed by atoms with Crippen molar-refractivity contribution in [2.75, 3.05) is 0 Å². The predicted molar refractivity (Wildman–Crippen MR) is 81.4 cm³/mol. The number of aryl methyl sites for hydroxylation is 1. The topological polar surface area (TPSA) is 37.3 Å². The minimum absolute atomic E-state index is 0.333. The van der Waals surface area contributed by atoms with Crippen LogP contribution in [0.15, 0.2) is 52.3 Å². The molecule has 4 heteroatoms. The molecular weight excluding hydrogens is 359 g/mol. The van der Waals surface area contributed by atoms with Crippen LogP contribution in [0, 0.1) is 10.5 Å². The number of carboxylic acids is 1. The first kappa shape index (κ1) is 13.4. The Morgan fingerprint density at radius 3 is 2.39 bits per heavy atom. The van der Waals surface area contributed by atoms with Crippen LogP contribution in [0.1, 0.15) is 15.9 Å². The van der Waals surface area contributed by atoms with E-state index < -0.39 is 5.97 Å². The Balaban J connectivity index is 2.24. The lowest BCUT2D eigenvalue weighted by Crippen LogP contribution is -1.96. The van der Waals surface area contributed by atoms with Crippen molar-refractivity contribution < 1.29 is 9.90 Å². The largest absolute Gasteiger partial charge is 0.478 e. The minimum atomic E-state index is -0.885. The summed E-state index contributed by atoms with van der Waals surface area (Å²) in [6.45, 7) is 1.93. The van der Waals surface area contributed by atoms with Crippen molar-refractivity contribution in [3.05, 3.63) is 57.2 Å². The molecular formula is C14H11IO2S. The van der Waals surface area contributed by atoms with E-state index in [0.717, 1.165) is 15.4 Å². The van der Waals surface area contributed by atoms with Gasteiger partial charge in [0, 0.05) is 13.4 Å². The zero-order valence-electron chi connectivity index (χ0n) is 9.68. The molecule has 0 bridgehead atoms. The van der Waals surface area contributed by atoms with Crippen molar-refractivity contribution in [1.82, 2.24) is 0 Å². The molecule has 2 nitrogen and oxygen atoms in total. The highest BCUT2D eigenvalue weighted by atomic mass is 127. The predicted octanol–water partition coefficient (Wildman–Crippen LogP) is 4.45. The lowest BCUT2D eigenvalue weighted by atomic mass is 10.1. The molecule has 1 N–H and O–H groups in total. The van der Waals surface area contributed by atoms with E-state index in [1.807, 2.05) is 13.0 Å². The molecule has 2 aromatic carbocycles. The maximum atomic E-state index is 10.9. The molecule has 0 aliphatic rings. The van der Waals surface area contributed by atoms with E-state index in [2.05, 4.69) is 46.9 Å². The van der Waals surface area contributed by atoms with Gasteiger partial charge in [-0.15, -0.1) is 0 Å². The average molecular weight is 370 g/mol. The van der Waals surface area contributed by atoms with Gasteiger partial charge in [0.2, 0.25) is 0 Å². The van der Waals surface area contributed by atoms with Crippen molar-refractivity contribution >= 4 is 40.3 Å². The van der Waals surface area contributed by atoms with Gasteiger partial charge in [-0.3, -0.25) is 0 Å². The molecule has 0 aromatic heterocycles. The van der Waals surface area contributed by atoms with Crippen molar-refractivity contribution in [3.63, 3.8) is 0 Å². The first-order valence-corrected chi connectivity index (χ1v) is 7.23. The normalized spacial score (nSPS) is 10.3. The summed E-state index contributed by atoms with van der Waals surface area (Å²) < 4.78 is 1.20. The molecule has 0 aliphatic heterocycles. The third-order valence-corrected chi connectivity index (χ3v) is 4.37. The first-order chi connectivity index (χ1) is 8.56. The standard InChI is InChI=1S/C14H11IO2S/c1-9-8-10(14(16)17)2-7-13(9)18-12-5-3-11(15)4-6-12/h2-8H,1H3,(H,16,17). The Kier molecular flexibility index (Phi) is 4.29. The number of aromatic carboxylic acids is 1. The number of halogens is 1. The Labute approximate surface area is 124 Å². The van der Waals surface area contributed by atoms with E-state index in [-0.39, 0.29) is 0 Å². The molecule has 0 spiro atoms. The minimum Gasteiger partial charge on any atom is -0.478 e. The quantitative estimate of drug-likeness (QED) is 0.812. The van der Waals surface area contributed by atoms with Gasteiger partial charge >= 0.3 is 5.97 Å². The van der Waals surface area contributed by atoms with Crippen molar-refractivity contribution in [3.8, 4) is 0 Å². The Morgan fingerprint density at radius 2 is 1.83 bits per heavy atom. The van der Waals surface area contributed by atoms with E-state index in [0.29, 0.717) is 5.56 Å². The van der Waals surface area contributed by atoms with Crippen LogP contribution < -0.4 is 0 Å². The number of carbonyl (C=O) groups is 1. The Bertz CT molecular complexity index is 579. The Morgan fingerprint density at radius 1 is 1.17 bits per heavy atom. The van der Waals surface area contributed by atoms with Gasteiger partial charge in [-0.05, 0) is 77.5 Å². The van der Waals surface area contributed by atoms with Gasteiger partial charge in [0.15, 0.2) is 0 Å². The molecule has 18 heavy (non-hydrogen) atoms. The van der Waals surface area contributed by atoms with E-state index >= 15 is 0 Å². The molecule has 0 radical (unpaired) electrons. The van der Waals surface area contributed by atoms with Crippen LogP contribution in [0.4, 0.5) is 0 Å². The maximum Gasteiger partial charge on any atom is 0.335 e. The lowest BCUT2D eigenvalue weighted by Gasteiger charge is -2.06. The highest BCUT2D eigenvalue weighted by Crippen LogP contribution is 2.31. The van der Waals surface area contributed by atoms with Crippen molar-refractivity contribution in [2.24, 2.45) is 0 Å². The van der Waals surface area contributed by atoms with Crippen LogP contribution in [0.2, 0.25) is 0 Å². The van der Waals surface area contributed by atoms with Gasteiger partial charge < -0.3 is 5.11 Å². The SMILES string of the molecule is Cc1cc(C(=O)O)ccc1Sc1ccc(I)cc1. The molecule has 0 amide bonds. The summed E-state index contributed by atoms with van der Waals surface area (Å²) in [6, 6.07) is 13.5. The van der Waals surface area contributed by atoms with Crippen LogP contribution in [0.5, 0.6) is 0 Å². The van der Waals surface area contributed by atoms with E-state index in [9.17, 15) is 4.79 Å². The smallest absolute Gasteiger partial charge is 0.335 e. The zero-order valence-corrected chi connectivity index (χ0v) is 12.7.